The smallest absolute Gasteiger partial charge is 0.347 e. The first-order chi connectivity index (χ1) is 10.0. The van der Waals surface area contributed by atoms with Crippen LogP contribution in [-0.2, 0) is 0 Å². The zero-order chi connectivity index (χ0) is 15.4. The minimum absolute atomic E-state index is 0.188. The van der Waals surface area contributed by atoms with Crippen molar-refractivity contribution in [2.45, 2.75) is 39.0 Å². The van der Waals surface area contributed by atoms with Crippen LogP contribution in [0.3, 0.4) is 0 Å². The molecule has 1 N–H and O–H groups in total. The first-order valence-corrected chi connectivity index (χ1v) is 8.52. The summed E-state index contributed by atoms with van der Waals surface area (Å²) >= 11 is 1.30. The van der Waals surface area contributed by atoms with E-state index in [0.29, 0.717) is 4.88 Å². The van der Waals surface area contributed by atoms with E-state index in [0.717, 1.165) is 30.3 Å². The normalized spacial score (nSPS) is 17.1. The molecule has 2 heterocycles. The van der Waals surface area contributed by atoms with Crippen LogP contribution in [0.15, 0.2) is 0 Å². The quantitative estimate of drug-likeness (QED) is 0.839. The van der Waals surface area contributed by atoms with Gasteiger partial charge in [0.05, 0.1) is 5.69 Å². The summed E-state index contributed by atoms with van der Waals surface area (Å²) in [6.07, 6.45) is 3.49. The fourth-order valence-corrected chi connectivity index (χ4v) is 3.57. The highest BCUT2D eigenvalue weighted by Gasteiger charge is 2.22. The number of anilines is 1. The molecule has 5 nitrogen and oxygen atoms in total. The molecule has 0 radical (unpaired) electrons. The minimum Gasteiger partial charge on any atom is -0.477 e. The lowest BCUT2D eigenvalue weighted by Gasteiger charge is -2.20. The number of aromatic carboxylic acids is 1. The van der Waals surface area contributed by atoms with Crippen molar-refractivity contribution in [1.82, 2.24) is 9.88 Å². The molecular formula is C15H25N3O2S. The van der Waals surface area contributed by atoms with Crippen LogP contribution in [0.5, 0.6) is 0 Å². The monoisotopic (exact) mass is 311 g/mol. The Balaban J connectivity index is 2.05. The van der Waals surface area contributed by atoms with Gasteiger partial charge in [-0.25, -0.2) is 9.78 Å². The molecule has 6 heteroatoms. The van der Waals surface area contributed by atoms with Crippen molar-refractivity contribution in [3.63, 3.8) is 0 Å². The number of carboxylic acid groups (broad SMARTS) is 1. The summed E-state index contributed by atoms with van der Waals surface area (Å²) < 4.78 is 0. The molecule has 1 aromatic rings. The number of carboxylic acids is 1. The second-order valence-electron chi connectivity index (χ2n) is 5.80. The topological polar surface area (TPSA) is 56.7 Å². The molecule has 2 rings (SSSR count). The molecule has 1 aromatic heterocycles. The molecule has 0 bridgehead atoms. The maximum Gasteiger partial charge on any atom is 0.347 e. The van der Waals surface area contributed by atoms with Crippen molar-refractivity contribution in [2.24, 2.45) is 0 Å². The van der Waals surface area contributed by atoms with Gasteiger partial charge in [0, 0.05) is 20.1 Å². The maximum atomic E-state index is 11.4. The van der Waals surface area contributed by atoms with Crippen molar-refractivity contribution < 1.29 is 9.90 Å². The summed E-state index contributed by atoms with van der Waals surface area (Å²) in [5.74, 6) is -0.671. The standard InChI is InChI=1S/C15H25N3O2S/c1-4-11(2)12-13(14(19)20)21-15(16-12)17(3)9-10-18-7-5-6-8-18/h11H,4-10H2,1-3H3,(H,19,20). The lowest BCUT2D eigenvalue weighted by atomic mass is 10.0. The Morgan fingerprint density at radius 1 is 1.48 bits per heavy atom. The van der Waals surface area contributed by atoms with Crippen LogP contribution in [0.1, 0.15) is 54.4 Å². The van der Waals surface area contributed by atoms with Gasteiger partial charge in [0.1, 0.15) is 4.88 Å². The first-order valence-electron chi connectivity index (χ1n) is 7.70. The highest BCUT2D eigenvalue weighted by Crippen LogP contribution is 2.31. The Kier molecular flexibility index (Phi) is 5.58. The number of likely N-dealkylation sites (tertiary alicyclic amines) is 1. The van der Waals surface area contributed by atoms with Crippen molar-refractivity contribution in [1.29, 1.82) is 0 Å². The summed E-state index contributed by atoms with van der Waals surface area (Å²) in [6, 6.07) is 0. The summed E-state index contributed by atoms with van der Waals surface area (Å²) in [4.78, 5) is 20.9. The Bertz CT molecular complexity index is 483. The van der Waals surface area contributed by atoms with Crippen LogP contribution in [0.2, 0.25) is 0 Å². The highest BCUT2D eigenvalue weighted by molar-refractivity contribution is 7.17. The van der Waals surface area contributed by atoms with Gasteiger partial charge in [-0.1, -0.05) is 25.2 Å². The van der Waals surface area contributed by atoms with Crippen molar-refractivity contribution in [3.05, 3.63) is 10.6 Å². The second-order valence-corrected chi connectivity index (χ2v) is 6.77. The SMILES string of the molecule is CCC(C)c1nc(N(C)CCN2CCCC2)sc1C(=O)O. The third kappa shape index (κ3) is 3.95. The molecule has 1 saturated heterocycles. The van der Waals surface area contributed by atoms with E-state index in [4.69, 9.17) is 0 Å². The van der Waals surface area contributed by atoms with Crippen molar-refractivity contribution in [3.8, 4) is 0 Å². The van der Waals surface area contributed by atoms with Crippen LogP contribution in [0, 0.1) is 0 Å². The van der Waals surface area contributed by atoms with E-state index in [9.17, 15) is 9.90 Å². The molecule has 1 aliphatic rings. The van der Waals surface area contributed by atoms with Crippen LogP contribution in [0.25, 0.3) is 0 Å². The van der Waals surface area contributed by atoms with Crippen molar-refractivity contribution >= 4 is 22.4 Å². The van der Waals surface area contributed by atoms with Gasteiger partial charge >= 0.3 is 5.97 Å². The fourth-order valence-electron chi connectivity index (χ4n) is 2.56. The predicted octanol–water partition coefficient (Wildman–Crippen LogP) is 2.89. The van der Waals surface area contributed by atoms with E-state index in [2.05, 4.69) is 21.7 Å². The molecule has 1 unspecified atom stereocenters. The average Bonchev–Trinajstić information content (AvgIpc) is 3.12. The van der Waals surface area contributed by atoms with Gasteiger partial charge in [-0.15, -0.1) is 0 Å². The molecular weight excluding hydrogens is 286 g/mol. The number of rotatable bonds is 7. The van der Waals surface area contributed by atoms with Crippen LogP contribution in [-0.4, -0.2) is 54.2 Å². The number of likely N-dealkylation sites (N-methyl/N-ethyl adjacent to an activating group) is 1. The van der Waals surface area contributed by atoms with Gasteiger partial charge in [-0.3, -0.25) is 0 Å². The molecule has 21 heavy (non-hydrogen) atoms. The molecule has 1 fully saturated rings. The molecule has 1 atom stereocenters. The molecule has 0 aliphatic carbocycles. The third-order valence-corrected chi connectivity index (χ3v) is 5.37. The zero-order valence-electron chi connectivity index (χ0n) is 13.1. The molecule has 0 amide bonds. The van der Waals surface area contributed by atoms with E-state index in [1.807, 2.05) is 14.0 Å². The maximum absolute atomic E-state index is 11.4. The van der Waals surface area contributed by atoms with E-state index in [1.165, 1.54) is 37.3 Å². The summed E-state index contributed by atoms with van der Waals surface area (Å²) in [5.41, 5.74) is 0.734. The number of hydrogen-bond acceptors (Lipinski definition) is 5. The first kappa shape index (κ1) is 16.2. The zero-order valence-corrected chi connectivity index (χ0v) is 13.9. The Morgan fingerprint density at radius 3 is 2.71 bits per heavy atom. The Morgan fingerprint density at radius 2 is 2.14 bits per heavy atom. The van der Waals surface area contributed by atoms with Gasteiger partial charge in [0.25, 0.3) is 0 Å². The molecule has 0 aromatic carbocycles. The van der Waals surface area contributed by atoms with Crippen LogP contribution in [0.4, 0.5) is 5.13 Å². The number of hydrogen-bond donors (Lipinski definition) is 1. The summed E-state index contributed by atoms with van der Waals surface area (Å²) in [7, 11) is 2.00. The summed E-state index contributed by atoms with van der Waals surface area (Å²) in [6.45, 7) is 8.39. The number of carbonyl (C=O) groups is 1. The predicted molar refractivity (Wildman–Crippen MR) is 86.7 cm³/mol. The van der Waals surface area contributed by atoms with Gasteiger partial charge in [0.15, 0.2) is 5.13 Å². The molecule has 118 valence electrons. The fraction of sp³-hybridized carbons (Fsp3) is 0.733. The van der Waals surface area contributed by atoms with Crippen molar-refractivity contribution in [2.75, 3.05) is 38.1 Å². The number of thiazole rings is 1. The van der Waals surface area contributed by atoms with Crippen LogP contribution >= 0.6 is 11.3 Å². The lowest BCUT2D eigenvalue weighted by molar-refractivity contribution is 0.0700. The second kappa shape index (κ2) is 7.22. The van der Waals surface area contributed by atoms with Gasteiger partial charge in [-0.2, -0.15) is 0 Å². The molecule has 0 spiro atoms. The van der Waals surface area contributed by atoms with Gasteiger partial charge in [0.2, 0.25) is 0 Å². The summed E-state index contributed by atoms with van der Waals surface area (Å²) in [5, 5.41) is 10.2. The Hall–Kier alpha value is -1.14. The van der Waals surface area contributed by atoms with Crippen LogP contribution < -0.4 is 4.90 Å². The number of aromatic nitrogens is 1. The van der Waals surface area contributed by atoms with E-state index in [1.54, 1.807) is 0 Å². The average molecular weight is 311 g/mol. The van der Waals surface area contributed by atoms with E-state index in [-0.39, 0.29) is 5.92 Å². The molecule has 0 saturated carbocycles. The molecule has 1 aliphatic heterocycles. The highest BCUT2D eigenvalue weighted by atomic mass is 32.1. The largest absolute Gasteiger partial charge is 0.477 e. The van der Waals surface area contributed by atoms with E-state index < -0.39 is 5.97 Å². The minimum atomic E-state index is -0.859. The number of nitrogens with zero attached hydrogens (tertiary/aromatic N) is 3. The van der Waals surface area contributed by atoms with E-state index >= 15 is 0 Å². The third-order valence-electron chi connectivity index (χ3n) is 4.19. The Labute approximate surface area is 130 Å². The lowest BCUT2D eigenvalue weighted by Crippen LogP contribution is -2.31. The van der Waals surface area contributed by atoms with Gasteiger partial charge in [-0.05, 0) is 38.3 Å². The van der Waals surface area contributed by atoms with Gasteiger partial charge < -0.3 is 14.9 Å².